The lowest BCUT2D eigenvalue weighted by Crippen LogP contribution is -2.17. The van der Waals surface area contributed by atoms with E-state index in [9.17, 15) is 13.2 Å². The average Bonchev–Trinajstić information content (AvgIpc) is 2.70. The zero-order chi connectivity index (χ0) is 20.0. The number of alkyl halides is 3. The maximum Gasteiger partial charge on any atom is 0.416 e. The summed E-state index contributed by atoms with van der Waals surface area (Å²) in [6, 6.07) is 14.0. The van der Waals surface area contributed by atoms with Crippen molar-refractivity contribution in [2.45, 2.75) is 32.5 Å². The van der Waals surface area contributed by atoms with Gasteiger partial charge in [-0.25, -0.2) is 0 Å². The molecule has 3 aromatic rings. The highest BCUT2D eigenvalue weighted by atomic mass is 19.4. The number of benzene rings is 2. The molecular formula is C22H24F3N3. The molecule has 0 atom stereocenters. The van der Waals surface area contributed by atoms with Gasteiger partial charge >= 0.3 is 6.18 Å². The molecule has 0 amide bonds. The average molecular weight is 387 g/mol. The molecule has 0 bridgehead atoms. The maximum absolute atomic E-state index is 12.8. The van der Waals surface area contributed by atoms with Crippen LogP contribution in [-0.4, -0.2) is 18.1 Å². The Morgan fingerprint density at radius 3 is 2.39 bits per heavy atom. The number of anilines is 1. The third-order valence-corrected chi connectivity index (χ3v) is 4.68. The fraction of sp³-hybridized carbons (Fsp3) is 0.318. The molecule has 3 nitrogen and oxygen atoms in total. The van der Waals surface area contributed by atoms with Crippen molar-refractivity contribution in [1.29, 1.82) is 0 Å². The van der Waals surface area contributed by atoms with Gasteiger partial charge in [-0.15, -0.1) is 0 Å². The summed E-state index contributed by atoms with van der Waals surface area (Å²) in [4.78, 5) is 4.07. The molecule has 0 fully saturated rings. The molecule has 0 unspecified atom stereocenters. The number of fused-ring (bicyclic) bond motifs is 1. The largest absolute Gasteiger partial charge is 0.416 e. The Bertz CT molecular complexity index is 905. The Hall–Kier alpha value is -2.60. The van der Waals surface area contributed by atoms with Crippen LogP contribution in [0.5, 0.6) is 0 Å². The van der Waals surface area contributed by atoms with Gasteiger partial charge in [-0.1, -0.05) is 37.3 Å². The van der Waals surface area contributed by atoms with E-state index in [2.05, 4.69) is 46.8 Å². The minimum atomic E-state index is -4.36. The molecule has 2 aromatic carbocycles. The SMILES string of the molecule is CCc1ccc(CNCCCNc2ccnc3cc(C(F)(F)F)ccc23)cc1. The first-order chi connectivity index (χ1) is 13.5. The second kappa shape index (κ2) is 9.06. The van der Waals surface area contributed by atoms with Gasteiger partial charge in [-0.05, 0) is 48.7 Å². The maximum atomic E-state index is 12.8. The van der Waals surface area contributed by atoms with Crippen LogP contribution in [0.3, 0.4) is 0 Å². The number of nitrogens with zero attached hydrogens (tertiary/aromatic N) is 1. The quantitative estimate of drug-likeness (QED) is 0.508. The molecular weight excluding hydrogens is 363 g/mol. The van der Waals surface area contributed by atoms with Crippen molar-refractivity contribution >= 4 is 16.6 Å². The number of rotatable bonds is 8. The van der Waals surface area contributed by atoms with Crippen LogP contribution in [0.25, 0.3) is 10.9 Å². The Balaban J connectivity index is 1.48. The van der Waals surface area contributed by atoms with Crippen LogP contribution in [0, 0.1) is 0 Å². The van der Waals surface area contributed by atoms with Crippen LogP contribution in [-0.2, 0) is 19.1 Å². The number of pyridine rings is 1. The first-order valence-corrected chi connectivity index (χ1v) is 9.46. The normalized spacial score (nSPS) is 11.7. The van der Waals surface area contributed by atoms with E-state index in [1.807, 2.05) is 0 Å². The van der Waals surface area contributed by atoms with E-state index < -0.39 is 11.7 Å². The molecule has 0 aliphatic rings. The summed E-state index contributed by atoms with van der Waals surface area (Å²) in [7, 11) is 0. The number of halogens is 3. The van der Waals surface area contributed by atoms with E-state index in [4.69, 9.17) is 0 Å². The van der Waals surface area contributed by atoms with Crippen LogP contribution in [0.2, 0.25) is 0 Å². The van der Waals surface area contributed by atoms with E-state index in [1.54, 1.807) is 6.07 Å². The van der Waals surface area contributed by atoms with Crippen molar-refractivity contribution in [3.8, 4) is 0 Å². The summed E-state index contributed by atoms with van der Waals surface area (Å²) in [6.45, 7) is 4.54. The molecule has 1 aromatic heterocycles. The highest BCUT2D eigenvalue weighted by molar-refractivity contribution is 5.91. The topological polar surface area (TPSA) is 37.0 Å². The minimum Gasteiger partial charge on any atom is -0.384 e. The Morgan fingerprint density at radius 2 is 1.68 bits per heavy atom. The third-order valence-electron chi connectivity index (χ3n) is 4.68. The lowest BCUT2D eigenvalue weighted by molar-refractivity contribution is -0.137. The van der Waals surface area contributed by atoms with E-state index in [0.717, 1.165) is 50.3 Å². The van der Waals surface area contributed by atoms with Crippen molar-refractivity contribution in [3.05, 3.63) is 71.4 Å². The predicted molar refractivity (Wildman–Crippen MR) is 107 cm³/mol. The van der Waals surface area contributed by atoms with Crippen molar-refractivity contribution in [2.75, 3.05) is 18.4 Å². The molecule has 6 heteroatoms. The van der Waals surface area contributed by atoms with Gasteiger partial charge in [0.25, 0.3) is 0 Å². The van der Waals surface area contributed by atoms with Gasteiger partial charge in [0.1, 0.15) is 0 Å². The number of hydrogen-bond acceptors (Lipinski definition) is 3. The predicted octanol–water partition coefficient (Wildman–Crippen LogP) is 5.41. The molecule has 0 saturated heterocycles. The van der Waals surface area contributed by atoms with Gasteiger partial charge in [-0.2, -0.15) is 13.2 Å². The number of nitrogens with one attached hydrogen (secondary N) is 2. The van der Waals surface area contributed by atoms with Gasteiger partial charge in [0.05, 0.1) is 11.1 Å². The molecule has 0 radical (unpaired) electrons. The summed E-state index contributed by atoms with van der Waals surface area (Å²) >= 11 is 0. The van der Waals surface area contributed by atoms with E-state index in [-0.39, 0.29) is 0 Å². The monoisotopic (exact) mass is 387 g/mol. The summed E-state index contributed by atoms with van der Waals surface area (Å²) < 4.78 is 38.5. The summed E-state index contributed by atoms with van der Waals surface area (Å²) in [5, 5.41) is 7.40. The van der Waals surface area contributed by atoms with Crippen LogP contribution >= 0.6 is 0 Å². The summed E-state index contributed by atoms with van der Waals surface area (Å²) in [5.41, 5.74) is 3.05. The fourth-order valence-corrected chi connectivity index (χ4v) is 3.04. The van der Waals surface area contributed by atoms with E-state index in [1.165, 1.54) is 23.4 Å². The lowest BCUT2D eigenvalue weighted by Gasteiger charge is -2.12. The number of aromatic nitrogens is 1. The molecule has 148 valence electrons. The molecule has 0 spiro atoms. The molecule has 2 N–H and O–H groups in total. The molecule has 3 rings (SSSR count). The standard InChI is InChI=1S/C22H24F3N3/c1-2-16-4-6-17(7-5-16)15-26-11-3-12-27-20-10-13-28-21-14-18(22(23,24)25)8-9-19(20)21/h4-10,13-14,26H,2-3,11-12,15H2,1H3,(H,27,28). The van der Waals surface area contributed by atoms with Crippen LogP contribution in [0.1, 0.15) is 30.0 Å². The molecule has 28 heavy (non-hydrogen) atoms. The number of hydrogen-bond donors (Lipinski definition) is 2. The van der Waals surface area contributed by atoms with Crippen molar-refractivity contribution in [1.82, 2.24) is 10.3 Å². The Kier molecular flexibility index (Phi) is 6.52. The van der Waals surface area contributed by atoms with Crippen molar-refractivity contribution < 1.29 is 13.2 Å². The van der Waals surface area contributed by atoms with Crippen LogP contribution in [0.15, 0.2) is 54.7 Å². The zero-order valence-corrected chi connectivity index (χ0v) is 15.8. The van der Waals surface area contributed by atoms with Crippen LogP contribution in [0.4, 0.5) is 18.9 Å². The minimum absolute atomic E-state index is 0.341. The molecule has 0 aliphatic carbocycles. The fourth-order valence-electron chi connectivity index (χ4n) is 3.04. The van der Waals surface area contributed by atoms with Crippen LogP contribution < -0.4 is 10.6 Å². The Morgan fingerprint density at radius 1 is 0.929 bits per heavy atom. The highest BCUT2D eigenvalue weighted by Gasteiger charge is 2.30. The first-order valence-electron chi connectivity index (χ1n) is 9.46. The van der Waals surface area contributed by atoms with Gasteiger partial charge in [0, 0.05) is 30.4 Å². The van der Waals surface area contributed by atoms with E-state index in [0.29, 0.717) is 10.9 Å². The smallest absolute Gasteiger partial charge is 0.384 e. The summed E-state index contributed by atoms with van der Waals surface area (Å²) in [5.74, 6) is 0. The molecule has 0 saturated carbocycles. The molecule has 1 heterocycles. The van der Waals surface area contributed by atoms with Gasteiger partial charge in [-0.3, -0.25) is 4.98 Å². The Labute approximate surface area is 163 Å². The zero-order valence-electron chi connectivity index (χ0n) is 15.8. The summed E-state index contributed by atoms with van der Waals surface area (Å²) in [6.07, 6.45) is -0.886. The first kappa shape index (κ1) is 20.1. The van der Waals surface area contributed by atoms with Gasteiger partial charge in [0.2, 0.25) is 0 Å². The number of aryl methyl sites for hydroxylation is 1. The van der Waals surface area contributed by atoms with Crippen molar-refractivity contribution in [3.63, 3.8) is 0 Å². The second-order valence-electron chi connectivity index (χ2n) is 6.72. The van der Waals surface area contributed by atoms with E-state index >= 15 is 0 Å². The van der Waals surface area contributed by atoms with Gasteiger partial charge in [0.15, 0.2) is 0 Å². The second-order valence-corrected chi connectivity index (χ2v) is 6.72. The third kappa shape index (κ3) is 5.23. The van der Waals surface area contributed by atoms with Gasteiger partial charge < -0.3 is 10.6 Å². The molecule has 0 aliphatic heterocycles. The van der Waals surface area contributed by atoms with Crippen molar-refractivity contribution in [2.24, 2.45) is 0 Å². The lowest BCUT2D eigenvalue weighted by atomic mass is 10.1. The highest BCUT2D eigenvalue weighted by Crippen LogP contribution is 2.32.